The maximum Gasteiger partial charge on any atom is 0.224 e. The Labute approximate surface area is 155 Å². The van der Waals surface area contributed by atoms with Crippen molar-refractivity contribution in [3.8, 4) is 0 Å². The van der Waals surface area contributed by atoms with Crippen LogP contribution < -0.4 is 10.6 Å². The van der Waals surface area contributed by atoms with Crippen LogP contribution in [0.25, 0.3) is 0 Å². The van der Waals surface area contributed by atoms with Gasteiger partial charge in [-0.15, -0.1) is 0 Å². The molecular formula is C21H29N3O2. The third-order valence-corrected chi connectivity index (χ3v) is 6.33. The van der Waals surface area contributed by atoms with E-state index in [1.807, 2.05) is 4.90 Å². The summed E-state index contributed by atoms with van der Waals surface area (Å²) in [5.74, 6) is 1.53. The maximum absolute atomic E-state index is 12.7. The Hall–Kier alpha value is -2.04. The first-order valence-electron chi connectivity index (χ1n) is 10.1. The summed E-state index contributed by atoms with van der Waals surface area (Å²) in [5.41, 5.74) is 2.72. The van der Waals surface area contributed by atoms with Crippen LogP contribution in [0.15, 0.2) is 24.3 Å². The molecule has 5 heteroatoms. The summed E-state index contributed by atoms with van der Waals surface area (Å²) in [7, 11) is 0. The highest BCUT2D eigenvalue weighted by Gasteiger charge is 2.33. The number of nitrogens with zero attached hydrogens (tertiary/aromatic N) is 1. The van der Waals surface area contributed by atoms with Crippen LogP contribution in [0.1, 0.15) is 56.4 Å². The molecule has 0 radical (unpaired) electrons. The van der Waals surface area contributed by atoms with E-state index < -0.39 is 0 Å². The standard InChI is InChI=1S/C21H29N3O2/c25-20-8-4-1-5-16(23-20)13-21(26)24-11-9-15(10-12-24)18-14-22-19-7-3-2-6-17(18)19/h2-3,6-7,15-16,18,22H,1,4-5,8-14H2,(H,23,25). The molecule has 0 saturated carbocycles. The molecule has 1 aromatic rings. The van der Waals surface area contributed by atoms with Crippen LogP contribution >= 0.6 is 0 Å². The smallest absolute Gasteiger partial charge is 0.224 e. The van der Waals surface area contributed by atoms with Gasteiger partial charge in [0, 0.05) is 50.1 Å². The van der Waals surface area contributed by atoms with Crippen molar-refractivity contribution in [2.45, 2.75) is 56.9 Å². The second-order valence-electron chi connectivity index (χ2n) is 8.01. The minimum Gasteiger partial charge on any atom is -0.384 e. The molecule has 1 aromatic carbocycles. The Kier molecular flexibility index (Phi) is 5.14. The zero-order valence-corrected chi connectivity index (χ0v) is 15.4. The predicted molar refractivity (Wildman–Crippen MR) is 102 cm³/mol. The van der Waals surface area contributed by atoms with E-state index >= 15 is 0 Å². The van der Waals surface area contributed by atoms with Crippen LogP contribution in [-0.4, -0.2) is 42.4 Å². The SMILES string of the molecule is O=C1CCCCC(CC(=O)N2CCC(C3CNc4ccccc43)CC2)N1. The Bertz CT molecular complexity index is 667. The lowest BCUT2D eigenvalue weighted by Crippen LogP contribution is -2.43. The molecule has 2 atom stereocenters. The fraction of sp³-hybridized carbons (Fsp3) is 0.619. The number of rotatable bonds is 3. The summed E-state index contributed by atoms with van der Waals surface area (Å²) in [5, 5.41) is 6.54. The number of carbonyl (C=O) groups is 2. The zero-order chi connectivity index (χ0) is 17.9. The van der Waals surface area contributed by atoms with Gasteiger partial charge in [-0.2, -0.15) is 0 Å². The molecule has 2 amide bonds. The fourth-order valence-electron chi connectivity index (χ4n) is 4.82. The van der Waals surface area contributed by atoms with Gasteiger partial charge in [0.2, 0.25) is 11.8 Å². The van der Waals surface area contributed by atoms with E-state index in [1.165, 1.54) is 11.3 Å². The molecule has 3 aliphatic rings. The number of likely N-dealkylation sites (tertiary alicyclic amines) is 1. The summed E-state index contributed by atoms with van der Waals surface area (Å²) in [6.07, 6.45) is 6.12. The first-order chi connectivity index (χ1) is 12.7. The van der Waals surface area contributed by atoms with E-state index in [0.29, 0.717) is 24.7 Å². The molecule has 2 N–H and O–H groups in total. The van der Waals surface area contributed by atoms with E-state index in [1.54, 1.807) is 0 Å². The van der Waals surface area contributed by atoms with E-state index in [2.05, 4.69) is 34.9 Å². The minimum atomic E-state index is 0.0288. The summed E-state index contributed by atoms with van der Waals surface area (Å²) in [6.45, 7) is 2.72. The summed E-state index contributed by atoms with van der Waals surface area (Å²) in [4.78, 5) is 26.4. The van der Waals surface area contributed by atoms with Crippen molar-refractivity contribution in [2.75, 3.05) is 25.0 Å². The van der Waals surface area contributed by atoms with Gasteiger partial charge in [0.15, 0.2) is 0 Å². The van der Waals surface area contributed by atoms with E-state index in [-0.39, 0.29) is 17.9 Å². The molecular weight excluding hydrogens is 326 g/mol. The lowest BCUT2D eigenvalue weighted by atomic mass is 9.81. The number of para-hydroxylation sites is 1. The Morgan fingerprint density at radius 2 is 1.92 bits per heavy atom. The van der Waals surface area contributed by atoms with Crippen LogP contribution in [0.5, 0.6) is 0 Å². The van der Waals surface area contributed by atoms with Crippen LogP contribution in [0.4, 0.5) is 5.69 Å². The van der Waals surface area contributed by atoms with Crippen LogP contribution in [0.2, 0.25) is 0 Å². The van der Waals surface area contributed by atoms with Crippen molar-refractivity contribution < 1.29 is 9.59 Å². The second-order valence-corrected chi connectivity index (χ2v) is 8.01. The molecule has 2 fully saturated rings. The summed E-state index contributed by atoms with van der Waals surface area (Å²) in [6, 6.07) is 8.64. The van der Waals surface area contributed by atoms with Gasteiger partial charge in [-0.1, -0.05) is 24.6 Å². The molecule has 0 bridgehead atoms. The summed E-state index contributed by atoms with van der Waals surface area (Å²) < 4.78 is 0. The first kappa shape index (κ1) is 17.4. The van der Waals surface area contributed by atoms with Crippen molar-refractivity contribution in [1.29, 1.82) is 0 Å². The number of hydrogen-bond acceptors (Lipinski definition) is 3. The zero-order valence-electron chi connectivity index (χ0n) is 15.4. The van der Waals surface area contributed by atoms with Gasteiger partial charge in [-0.25, -0.2) is 0 Å². The highest BCUT2D eigenvalue weighted by Crippen LogP contribution is 2.40. The number of hydrogen-bond donors (Lipinski definition) is 2. The Morgan fingerprint density at radius 1 is 1.12 bits per heavy atom. The highest BCUT2D eigenvalue weighted by molar-refractivity contribution is 5.80. The van der Waals surface area contributed by atoms with Gasteiger partial charge in [-0.3, -0.25) is 9.59 Å². The molecule has 3 aliphatic heterocycles. The van der Waals surface area contributed by atoms with Gasteiger partial charge in [0.1, 0.15) is 0 Å². The second kappa shape index (κ2) is 7.68. The molecule has 140 valence electrons. The van der Waals surface area contributed by atoms with Gasteiger partial charge >= 0.3 is 0 Å². The number of amides is 2. The average molecular weight is 355 g/mol. The largest absolute Gasteiger partial charge is 0.384 e. The highest BCUT2D eigenvalue weighted by atomic mass is 16.2. The molecule has 0 aromatic heterocycles. The lowest BCUT2D eigenvalue weighted by Gasteiger charge is -2.35. The third-order valence-electron chi connectivity index (χ3n) is 6.33. The van der Waals surface area contributed by atoms with Crippen LogP contribution in [0, 0.1) is 5.92 Å². The van der Waals surface area contributed by atoms with Gasteiger partial charge in [-0.05, 0) is 43.2 Å². The Morgan fingerprint density at radius 3 is 2.77 bits per heavy atom. The van der Waals surface area contributed by atoms with Crippen LogP contribution in [-0.2, 0) is 9.59 Å². The summed E-state index contributed by atoms with van der Waals surface area (Å²) >= 11 is 0. The molecule has 0 spiro atoms. The van der Waals surface area contributed by atoms with Crippen LogP contribution in [0.3, 0.4) is 0 Å². The van der Waals surface area contributed by atoms with Crippen molar-refractivity contribution in [1.82, 2.24) is 10.2 Å². The van der Waals surface area contributed by atoms with Gasteiger partial charge in [0.05, 0.1) is 0 Å². The number of nitrogens with one attached hydrogen (secondary N) is 2. The van der Waals surface area contributed by atoms with Crippen molar-refractivity contribution in [2.24, 2.45) is 5.92 Å². The molecule has 3 heterocycles. The minimum absolute atomic E-state index is 0.0288. The van der Waals surface area contributed by atoms with Gasteiger partial charge in [0.25, 0.3) is 0 Å². The average Bonchev–Trinajstić information content (AvgIpc) is 2.98. The monoisotopic (exact) mass is 355 g/mol. The van der Waals surface area contributed by atoms with Gasteiger partial charge < -0.3 is 15.5 Å². The number of benzene rings is 1. The molecule has 2 saturated heterocycles. The number of carbonyl (C=O) groups excluding carboxylic acids is 2. The topological polar surface area (TPSA) is 61.4 Å². The van der Waals surface area contributed by atoms with E-state index in [0.717, 1.165) is 51.7 Å². The molecule has 26 heavy (non-hydrogen) atoms. The number of piperidine rings is 1. The first-order valence-corrected chi connectivity index (χ1v) is 10.1. The van der Waals surface area contributed by atoms with Crippen molar-refractivity contribution >= 4 is 17.5 Å². The quantitative estimate of drug-likeness (QED) is 0.876. The van der Waals surface area contributed by atoms with Crippen molar-refractivity contribution in [3.05, 3.63) is 29.8 Å². The fourth-order valence-corrected chi connectivity index (χ4v) is 4.82. The normalized spacial score (nSPS) is 26.6. The predicted octanol–water partition coefficient (Wildman–Crippen LogP) is 2.88. The molecule has 2 unspecified atom stereocenters. The Balaban J connectivity index is 1.30. The van der Waals surface area contributed by atoms with Crippen molar-refractivity contribution in [3.63, 3.8) is 0 Å². The number of anilines is 1. The number of fused-ring (bicyclic) bond motifs is 1. The lowest BCUT2D eigenvalue weighted by molar-refractivity contribution is -0.133. The maximum atomic E-state index is 12.7. The van der Waals surface area contributed by atoms with E-state index in [9.17, 15) is 9.59 Å². The molecule has 5 nitrogen and oxygen atoms in total. The molecule has 4 rings (SSSR count). The van der Waals surface area contributed by atoms with E-state index in [4.69, 9.17) is 0 Å². The third kappa shape index (κ3) is 3.71. The molecule has 0 aliphatic carbocycles.